The van der Waals surface area contributed by atoms with E-state index in [1.54, 1.807) is 0 Å². The van der Waals surface area contributed by atoms with Crippen molar-refractivity contribution >= 4 is 5.78 Å². The molecule has 3 heteroatoms. The lowest BCUT2D eigenvalue weighted by Crippen LogP contribution is -2.33. The summed E-state index contributed by atoms with van der Waals surface area (Å²) >= 11 is 0. The zero-order valence-electron chi connectivity index (χ0n) is 13.8. The Morgan fingerprint density at radius 2 is 0.864 bits per heavy atom. The van der Waals surface area contributed by atoms with Gasteiger partial charge in [0.2, 0.25) is 0 Å². The summed E-state index contributed by atoms with van der Waals surface area (Å²) in [4.78, 5) is 12.7. The van der Waals surface area contributed by atoms with Gasteiger partial charge in [-0.2, -0.15) is 0 Å². The maximum atomic E-state index is 12.7. The van der Waals surface area contributed by atoms with Gasteiger partial charge in [0, 0.05) is 11.8 Å². The smallest absolute Gasteiger partial charge is 0.139 e. The first-order chi connectivity index (χ1) is 10.6. The van der Waals surface area contributed by atoms with Crippen molar-refractivity contribution < 1.29 is 15.0 Å². The highest BCUT2D eigenvalue weighted by Gasteiger charge is 2.35. The number of hydrogen-bond donors (Lipinski definition) is 2. The van der Waals surface area contributed by atoms with E-state index in [-0.39, 0.29) is 18.1 Å². The summed E-state index contributed by atoms with van der Waals surface area (Å²) in [5, 5.41) is 19.2. The first-order valence-electron chi connectivity index (χ1n) is 9.53. The number of aliphatic hydroxyl groups is 2. The summed E-state index contributed by atoms with van der Waals surface area (Å²) in [5.74, 6) is 2.62. The van der Waals surface area contributed by atoms with Crippen LogP contribution in [0.3, 0.4) is 0 Å². The van der Waals surface area contributed by atoms with E-state index in [0.29, 0.717) is 11.7 Å². The van der Waals surface area contributed by atoms with E-state index in [2.05, 4.69) is 0 Å². The Labute approximate surface area is 134 Å². The van der Waals surface area contributed by atoms with Crippen molar-refractivity contribution in [3.8, 4) is 0 Å². The fourth-order valence-corrected chi connectivity index (χ4v) is 5.14. The van der Waals surface area contributed by atoms with Crippen LogP contribution in [0.2, 0.25) is 0 Å². The lowest BCUT2D eigenvalue weighted by atomic mass is 9.68. The molecule has 126 valence electrons. The maximum absolute atomic E-state index is 12.7. The normalized spacial score (nSPS) is 43.7. The molecular weight excluding hydrogens is 276 g/mol. The highest BCUT2D eigenvalue weighted by Crippen LogP contribution is 2.41. The second kappa shape index (κ2) is 7.44. The molecule has 3 nitrogen and oxygen atoms in total. The number of rotatable bonds is 3. The number of carbonyl (C=O) groups is 1. The molecule has 0 aromatic heterocycles. The minimum Gasteiger partial charge on any atom is -0.393 e. The van der Waals surface area contributed by atoms with Gasteiger partial charge in [0.15, 0.2) is 0 Å². The molecule has 0 spiro atoms. The molecule has 0 saturated heterocycles. The fraction of sp³-hybridized carbons (Fsp3) is 0.947. The zero-order chi connectivity index (χ0) is 15.5. The molecule has 0 bridgehead atoms. The Hall–Kier alpha value is -0.410. The van der Waals surface area contributed by atoms with Gasteiger partial charge in [-0.05, 0) is 88.9 Å². The van der Waals surface area contributed by atoms with Crippen molar-refractivity contribution in [3.63, 3.8) is 0 Å². The third-order valence-electron chi connectivity index (χ3n) is 6.68. The zero-order valence-corrected chi connectivity index (χ0v) is 13.8. The minimum absolute atomic E-state index is 0.0594. The largest absolute Gasteiger partial charge is 0.393 e. The van der Waals surface area contributed by atoms with Crippen LogP contribution >= 0.6 is 0 Å². The summed E-state index contributed by atoms with van der Waals surface area (Å²) in [6.07, 6.45) is 12.1. The predicted molar refractivity (Wildman–Crippen MR) is 86.4 cm³/mol. The number of Topliss-reactive ketones (excluding diaryl/α,β-unsaturated/α-hetero) is 1. The van der Waals surface area contributed by atoms with Gasteiger partial charge in [-0.3, -0.25) is 4.79 Å². The summed E-state index contributed by atoms with van der Waals surface area (Å²) in [6, 6.07) is 0. The highest BCUT2D eigenvalue weighted by molar-refractivity contribution is 5.83. The van der Waals surface area contributed by atoms with E-state index in [1.807, 2.05) is 0 Å². The summed E-state index contributed by atoms with van der Waals surface area (Å²) in [6.45, 7) is 0. The van der Waals surface area contributed by atoms with Crippen molar-refractivity contribution in [2.75, 3.05) is 0 Å². The monoisotopic (exact) mass is 308 g/mol. The molecule has 22 heavy (non-hydrogen) atoms. The third kappa shape index (κ3) is 3.91. The van der Waals surface area contributed by atoms with Crippen LogP contribution in [-0.2, 0) is 4.79 Å². The molecule has 0 aromatic rings. The standard InChI is InChI=1S/C19H32O3/c20-17-9-5-14(6-10-17)13-1-3-15(4-2-13)19(22)16-7-11-18(21)12-8-16/h13-18,20-21H,1-12H2. The van der Waals surface area contributed by atoms with E-state index in [0.717, 1.165) is 63.2 Å². The SMILES string of the molecule is O=C(C1CCC(O)CC1)C1CCC(C2CCC(O)CC2)CC1. The molecule has 3 saturated carbocycles. The van der Waals surface area contributed by atoms with Crippen molar-refractivity contribution in [3.05, 3.63) is 0 Å². The number of carbonyl (C=O) groups excluding carboxylic acids is 1. The lowest BCUT2D eigenvalue weighted by Gasteiger charge is -2.37. The van der Waals surface area contributed by atoms with Crippen LogP contribution in [0.1, 0.15) is 77.0 Å². The molecule has 0 radical (unpaired) electrons. The van der Waals surface area contributed by atoms with Crippen LogP contribution in [0, 0.1) is 23.7 Å². The van der Waals surface area contributed by atoms with Crippen LogP contribution < -0.4 is 0 Å². The van der Waals surface area contributed by atoms with Crippen molar-refractivity contribution in [2.24, 2.45) is 23.7 Å². The van der Waals surface area contributed by atoms with Crippen molar-refractivity contribution in [1.82, 2.24) is 0 Å². The average molecular weight is 308 g/mol. The second-order valence-electron chi connectivity index (χ2n) is 8.09. The lowest BCUT2D eigenvalue weighted by molar-refractivity contribution is -0.129. The van der Waals surface area contributed by atoms with Crippen LogP contribution in [0.5, 0.6) is 0 Å². The van der Waals surface area contributed by atoms with E-state index in [4.69, 9.17) is 0 Å². The first-order valence-corrected chi connectivity index (χ1v) is 9.53. The molecular formula is C19H32O3. The van der Waals surface area contributed by atoms with Gasteiger partial charge >= 0.3 is 0 Å². The fourth-order valence-electron chi connectivity index (χ4n) is 5.14. The molecule has 2 N–H and O–H groups in total. The summed E-state index contributed by atoms with van der Waals surface area (Å²) < 4.78 is 0. The molecule has 0 unspecified atom stereocenters. The maximum Gasteiger partial charge on any atom is 0.139 e. The quantitative estimate of drug-likeness (QED) is 0.839. The molecule has 0 amide bonds. The van der Waals surface area contributed by atoms with E-state index >= 15 is 0 Å². The van der Waals surface area contributed by atoms with Crippen LogP contribution in [0.15, 0.2) is 0 Å². The molecule has 0 atom stereocenters. The predicted octanol–water partition coefficient (Wildman–Crippen LogP) is 3.46. The molecule has 3 aliphatic carbocycles. The molecule has 0 heterocycles. The second-order valence-corrected chi connectivity index (χ2v) is 8.09. The summed E-state index contributed by atoms with van der Waals surface area (Å²) in [7, 11) is 0. The van der Waals surface area contributed by atoms with Gasteiger partial charge < -0.3 is 10.2 Å². The Kier molecular flexibility index (Phi) is 5.56. The Morgan fingerprint density at radius 3 is 1.32 bits per heavy atom. The molecule has 3 aliphatic rings. The Morgan fingerprint density at radius 1 is 0.545 bits per heavy atom. The summed E-state index contributed by atoms with van der Waals surface area (Å²) in [5.41, 5.74) is 0. The van der Waals surface area contributed by atoms with Crippen molar-refractivity contribution in [1.29, 1.82) is 0 Å². The molecule has 3 rings (SSSR count). The van der Waals surface area contributed by atoms with Gasteiger partial charge in [0.1, 0.15) is 5.78 Å². The Bertz CT molecular complexity index is 357. The van der Waals surface area contributed by atoms with Gasteiger partial charge in [-0.15, -0.1) is 0 Å². The molecule has 0 aliphatic heterocycles. The van der Waals surface area contributed by atoms with Crippen LogP contribution in [0.4, 0.5) is 0 Å². The van der Waals surface area contributed by atoms with E-state index < -0.39 is 0 Å². The topological polar surface area (TPSA) is 57.5 Å². The third-order valence-corrected chi connectivity index (χ3v) is 6.68. The number of hydrogen-bond acceptors (Lipinski definition) is 3. The number of aliphatic hydroxyl groups excluding tert-OH is 2. The van der Waals surface area contributed by atoms with Crippen LogP contribution in [0.25, 0.3) is 0 Å². The van der Waals surface area contributed by atoms with Crippen LogP contribution in [-0.4, -0.2) is 28.2 Å². The van der Waals surface area contributed by atoms with Gasteiger partial charge in [0.05, 0.1) is 12.2 Å². The highest BCUT2D eigenvalue weighted by atomic mass is 16.3. The van der Waals surface area contributed by atoms with Gasteiger partial charge in [-0.25, -0.2) is 0 Å². The molecule has 3 fully saturated rings. The van der Waals surface area contributed by atoms with Crippen molar-refractivity contribution in [2.45, 2.75) is 89.3 Å². The van der Waals surface area contributed by atoms with Gasteiger partial charge in [0.25, 0.3) is 0 Å². The van der Waals surface area contributed by atoms with Gasteiger partial charge in [-0.1, -0.05) is 0 Å². The average Bonchev–Trinajstić information content (AvgIpc) is 2.56. The number of ketones is 1. The Balaban J connectivity index is 1.44. The minimum atomic E-state index is -0.165. The first kappa shape index (κ1) is 16.4. The van der Waals surface area contributed by atoms with E-state index in [9.17, 15) is 15.0 Å². The van der Waals surface area contributed by atoms with E-state index in [1.165, 1.54) is 25.7 Å². The molecule has 0 aromatic carbocycles.